The second-order valence-electron chi connectivity index (χ2n) is 8.98. The fraction of sp³-hybridized carbons (Fsp3) is 0.619. The molecule has 2 atom stereocenters. The van der Waals surface area contributed by atoms with E-state index >= 15 is 0 Å². The van der Waals surface area contributed by atoms with E-state index in [0.717, 1.165) is 5.56 Å². The molecule has 0 bridgehead atoms. The van der Waals surface area contributed by atoms with Gasteiger partial charge in [0.1, 0.15) is 11.9 Å². The van der Waals surface area contributed by atoms with Crippen molar-refractivity contribution in [3.63, 3.8) is 0 Å². The Hall–Kier alpha value is -2.15. The molecule has 1 unspecified atom stereocenters. The van der Waals surface area contributed by atoms with Crippen molar-refractivity contribution in [2.45, 2.75) is 58.7 Å². The van der Waals surface area contributed by atoms with Crippen LogP contribution in [0.2, 0.25) is 0 Å². The van der Waals surface area contributed by atoms with E-state index in [2.05, 4.69) is 13.8 Å². The second kappa shape index (κ2) is 8.07. The van der Waals surface area contributed by atoms with Crippen LogP contribution in [0, 0.1) is 11.7 Å². The molecule has 2 amide bonds. The van der Waals surface area contributed by atoms with E-state index in [9.17, 15) is 19.1 Å². The molecule has 0 radical (unpaired) electrons. The Bertz CT molecular complexity index is 735. The minimum absolute atomic E-state index is 0.0639. The van der Waals surface area contributed by atoms with Gasteiger partial charge in [0.25, 0.3) is 0 Å². The van der Waals surface area contributed by atoms with Crippen molar-refractivity contribution >= 4 is 17.7 Å². The Labute approximate surface area is 166 Å². The van der Waals surface area contributed by atoms with Crippen LogP contribution in [0.4, 0.5) is 14.9 Å². The van der Waals surface area contributed by atoms with Crippen LogP contribution in [-0.2, 0) is 4.79 Å². The lowest BCUT2D eigenvalue weighted by Gasteiger charge is -2.36. The van der Waals surface area contributed by atoms with E-state index < -0.39 is 23.5 Å². The molecule has 1 saturated heterocycles. The lowest BCUT2D eigenvalue weighted by atomic mass is 9.94. The fourth-order valence-corrected chi connectivity index (χ4v) is 4.24. The van der Waals surface area contributed by atoms with E-state index in [0.29, 0.717) is 18.9 Å². The van der Waals surface area contributed by atoms with E-state index in [1.54, 1.807) is 26.8 Å². The van der Waals surface area contributed by atoms with Crippen LogP contribution in [0.5, 0.6) is 0 Å². The van der Waals surface area contributed by atoms with Crippen LogP contribution in [0.1, 0.15) is 52.6 Å². The third-order valence-electron chi connectivity index (χ3n) is 5.21. The van der Waals surface area contributed by atoms with Crippen LogP contribution < -0.4 is 4.90 Å². The van der Waals surface area contributed by atoms with Crippen LogP contribution in [-0.4, -0.2) is 59.1 Å². The number of anilines is 1. The molecular weight excluding hydrogens is 361 g/mol. The minimum atomic E-state index is -1.14. The summed E-state index contributed by atoms with van der Waals surface area (Å²) in [6, 6.07) is 4.23. The maximum Gasteiger partial charge on any atom is 0.408 e. The number of carbonyl (C=O) groups is 2. The lowest BCUT2D eigenvalue weighted by Crippen LogP contribution is -2.54. The van der Waals surface area contributed by atoms with E-state index in [1.807, 2.05) is 25.1 Å². The van der Waals surface area contributed by atoms with Gasteiger partial charge in [-0.2, -0.15) is 0 Å². The first-order valence-electron chi connectivity index (χ1n) is 9.65. The van der Waals surface area contributed by atoms with Crippen molar-refractivity contribution in [2.75, 3.05) is 25.5 Å². The molecule has 28 heavy (non-hydrogen) atoms. The first-order valence-corrected chi connectivity index (χ1v) is 9.65. The number of rotatable bonds is 5. The molecule has 1 N–H and O–H groups in total. The summed E-state index contributed by atoms with van der Waals surface area (Å²) in [5.74, 6) is -0.539. The normalized spacial score (nSPS) is 18.9. The molecule has 0 spiro atoms. The molecule has 0 saturated carbocycles. The van der Waals surface area contributed by atoms with Gasteiger partial charge in [-0.3, -0.25) is 9.69 Å². The van der Waals surface area contributed by atoms with Crippen LogP contribution in [0.15, 0.2) is 18.2 Å². The number of benzene rings is 1. The Morgan fingerprint density at radius 1 is 1.29 bits per heavy atom. The number of hydrogen-bond acceptors (Lipinski definition) is 3. The van der Waals surface area contributed by atoms with Crippen molar-refractivity contribution in [1.82, 2.24) is 9.80 Å². The Kier molecular flexibility index (Phi) is 6.38. The highest BCUT2D eigenvalue weighted by molar-refractivity contribution is 6.01. The van der Waals surface area contributed by atoms with Gasteiger partial charge in [-0.1, -0.05) is 19.9 Å². The number of amides is 2. The van der Waals surface area contributed by atoms with E-state index in [1.165, 1.54) is 15.9 Å². The second-order valence-corrected chi connectivity index (χ2v) is 8.98. The van der Waals surface area contributed by atoms with Gasteiger partial charge in [0.2, 0.25) is 5.91 Å². The quantitative estimate of drug-likeness (QED) is 0.822. The highest BCUT2D eigenvalue weighted by atomic mass is 19.1. The summed E-state index contributed by atoms with van der Waals surface area (Å²) in [7, 11) is 3.91. The molecule has 7 heteroatoms. The Morgan fingerprint density at radius 2 is 1.89 bits per heavy atom. The van der Waals surface area contributed by atoms with Gasteiger partial charge in [-0.15, -0.1) is 0 Å². The van der Waals surface area contributed by atoms with Crippen LogP contribution in [0.25, 0.3) is 0 Å². The molecule has 1 fully saturated rings. The molecule has 2 rings (SSSR count). The number of carboxylic acid groups (broad SMARTS) is 1. The first kappa shape index (κ1) is 22.1. The number of halogens is 1. The summed E-state index contributed by atoms with van der Waals surface area (Å²) in [5.41, 5.74) is 0.337. The van der Waals surface area contributed by atoms with Crippen molar-refractivity contribution < 1.29 is 19.1 Å². The van der Waals surface area contributed by atoms with Crippen molar-refractivity contribution in [3.05, 3.63) is 29.6 Å². The summed E-state index contributed by atoms with van der Waals surface area (Å²) in [4.78, 5) is 29.2. The monoisotopic (exact) mass is 393 g/mol. The maximum atomic E-state index is 14.9. The van der Waals surface area contributed by atoms with Crippen molar-refractivity contribution in [3.8, 4) is 0 Å². The fourth-order valence-electron chi connectivity index (χ4n) is 4.24. The molecule has 1 aromatic rings. The molecule has 156 valence electrons. The van der Waals surface area contributed by atoms with Crippen LogP contribution >= 0.6 is 0 Å². The van der Waals surface area contributed by atoms with Gasteiger partial charge in [-0.25, -0.2) is 9.18 Å². The predicted molar refractivity (Wildman–Crippen MR) is 108 cm³/mol. The number of nitrogens with zero attached hydrogens (tertiary/aromatic N) is 3. The number of hydrogen-bond donors (Lipinski definition) is 1. The van der Waals surface area contributed by atoms with Gasteiger partial charge < -0.3 is 14.9 Å². The van der Waals surface area contributed by atoms with E-state index in [4.69, 9.17) is 0 Å². The largest absolute Gasteiger partial charge is 0.465 e. The van der Waals surface area contributed by atoms with Crippen molar-refractivity contribution in [1.29, 1.82) is 0 Å². The van der Waals surface area contributed by atoms with Gasteiger partial charge >= 0.3 is 6.09 Å². The van der Waals surface area contributed by atoms with Crippen molar-refractivity contribution in [2.24, 2.45) is 5.92 Å². The van der Waals surface area contributed by atoms with E-state index in [-0.39, 0.29) is 17.6 Å². The predicted octanol–water partition coefficient (Wildman–Crippen LogP) is 3.97. The lowest BCUT2D eigenvalue weighted by molar-refractivity contribution is -0.122. The summed E-state index contributed by atoms with van der Waals surface area (Å²) >= 11 is 0. The molecule has 1 aliphatic heterocycles. The third-order valence-corrected chi connectivity index (χ3v) is 5.21. The van der Waals surface area contributed by atoms with Gasteiger partial charge in [-0.05, 0) is 64.9 Å². The summed E-state index contributed by atoms with van der Waals surface area (Å²) in [6.07, 6.45) is -0.801. The summed E-state index contributed by atoms with van der Waals surface area (Å²) in [6.45, 7) is 9.70. The average Bonchev–Trinajstić information content (AvgIpc) is 2.86. The molecule has 1 aromatic carbocycles. The standard InChI is InChI=1S/C21H32FN3O3/c1-13(2)18(23(6)7)14-8-9-16(15(22)12-14)24-11-10-17(19(24)26)25(20(27)28)21(3,4)5/h8-9,12-13,17-18H,10-11H2,1-7H3,(H,27,28)/t17-,18?/m0/s1. The summed E-state index contributed by atoms with van der Waals surface area (Å²) in [5, 5.41) is 9.58. The third kappa shape index (κ3) is 4.29. The zero-order chi connectivity index (χ0) is 21.4. The van der Waals surface area contributed by atoms with Gasteiger partial charge in [0, 0.05) is 18.1 Å². The van der Waals surface area contributed by atoms with Gasteiger partial charge in [0.05, 0.1) is 5.69 Å². The Balaban J connectivity index is 2.32. The summed E-state index contributed by atoms with van der Waals surface area (Å²) < 4.78 is 14.9. The first-order chi connectivity index (χ1) is 12.9. The molecule has 1 heterocycles. The molecule has 0 aliphatic carbocycles. The van der Waals surface area contributed by atoms with Gasteiger partial charge in [0.15, 0.2) is 0 Å². The van der Waals surface area contributed by atoms with Crippen LogP contribution in [0.3, 0.4) is 0 Å². The molecule has 6 nitrogen and oxygen atoms in total. The smallest absolute Gasteiger partial charge is 0.408 e. The molecule has 1 aliphatic rings. The zero-order valence-electron chi connectivity index (χ0n) is 17.9. The molecular formula is C21H32FN3O3. The minimum Gasteiger partial charge on any atom is -0.465 e. The topological polar surface area (TPSA) is 64.1 Å². The average molecular weight is 394 g/mol. The Morgan fingerprint density at radius 3 is 2.32 bits per heavy atom. The highest BCUT2D eigenvalue weighted by Gasteiger charge is 2.44. The number of carbonyl (C=O) groups excluding carboxylic acids is 1. The molecule has 0 aromatic heterocycles. The SMILES string of the molecule is CC(C)C(c1ccc(N2CC[C@H](N(C(=O)O)C(C)(C)C)C2=O)c(F)c1)N(C)C. The highest BCUT2D eigenvalue weighted by Crippen LogP contribution is 2.33. The maximum absolute atomic E-state index is 14.9. The zero-order valence-corrected chi connectivity index (χ0v) is 17.9.